The lowest BCUT2D eigenvalue weighted by molar-refractivity contribution is 0.400. The first-order valence-corrected chi connectivity index (χ1v) is 7.36. The Labute approximate surface area is 116 Å². The maximum Gasteiger partial charge on any atom is 0.0381 e. The van der Waals surface area contributed by atoms with Crippen molar-refractivity contribution < 1.29 is 0 Å². The second kappa shape index (κ2) is 4.92. The van der Waals surface area contributed by atoms with Crippen LogP contribution in [0.3, 0.4) is 0 Å². The Morgan fingerprint density at radius 2 is 2.05 bits per heavy atom. The van der Waals surface area contributed by atoms with Gasteiger partial charge in [-0.2, -0.15) is 0 Å². The lowest BCUT2D eigenvalue weighted by Crippen LogP contribution is -2.28. The molecule has 0 spiro atoms. The Balaban J connectivity index is 1.68. The molecule has 2 aliphatic carbocycles. The van der Waals surface area contributed by atoms with Crippen LogP contribution >= 0.6 is 0 Å². The van der Waals surface area contributed by atoms with Crippen molar-refractivity contribution >= 4 is 11.4 Å². The Hall–Kier alpha value is -1.44. The van der Waals surface area contributed by atoms with Gasteiger partial charge in [0.05, 0.1) is 0 Å². The molecule has 1 N–H and O–H groups in total. The Bertz CT molecular complexity index is 478. The largest absolute Gasteiger partial charge is 0.382 e. The number of rotatable bonds is 4. The van der Waals surface area contributed by atoms with Crippen molar-refractivity contribution in [1.29, 1.82) is 0 Å². The van der Waals surface area contributed by atoms with E-state index in [0.717, 1.165) is 17.8 Å². The molecule has 19 heavy (non-hydrogen) atoms. The van der Waals surface area contributed by atoms with E-state index in [1.165, 1.54) is 24.2 Å². The molecule has 0 aliphatic heterocycles. The highest BCUT2D eigenvalue weighted by Gasteiger charge is 2.38. The summed E-state index contributed by atoms with van der Waals surface area (Å²) in [7, 11) is 4.17. The van der Waals surface area contributed by atoms with Gasteiger partial charge in [-0.1, -0.05) is 18.2 Å². The highest BCUT2D eigenvalue weighted by Crippen LogP contribution is 2.45. The standard InChI is InChI=1S/C17H24N2/c1-12(17-10-13-7-8-14(17)9-13)18-15-5-4-6-16(11-15)19(2)3/h4-8,11-14,17-18H,9-10H2,1-3H3. The van der Waals surface area contributed by atoms with Gasteiger partial charge in [0, 0.05) is 31.5 Å². The topological polar surface area (TPSA) is 15.3 Å². The summed E-state index contributed by atoms with van der Waals surface area (Å²) in [4.78, 5) is 2.15. The third-order valence-electron chi connectivity index (χ3n) is 4.73. The molecule has 2 bridgehead atoms. The lowest BCUT2D eigenvalue weighted by Gasteiger charge is -2.27. The van der Waals surface area contributed by atoms with Crippen LogP contribution in [0.15, 0.2) is 36.4 Å². The molecule has 4 unspecified atom stereocenters. The Morgan fingerprint density at radius 1 is 1.21 bits per heavy atom. The lowest BCUT2D eigenvalue weighted by atomic mass is 9.87. The summed E-state index contributed by atoms with van der Waals surface area (Å²) in [5, 5.41) is 3.70. The Kier molecular flexibility index (Phi) is 3.26. The van der Waals surface area contributed by atoms with Crippen LogP contribution < -0.4 is 10.2 Å². The van der Waals surface area contributed by atoms with Crippen LogP contribution in [0.2, 0.25) is 0 Å². The minimum atomic E-state index is 0.553. The molecule has 2 heteroatoms. The number of nitrogens with one attached hydrogen (secondary N) is 1. The van der Waals surface area contributed by atoms with Crippen molar-refractivity contribution in [3.8, 4) is 0 Å². The highest BCUT2D eigenvalue weighted by molar-refractivity contribution is 5.57. The maximum atomic E-state index is 3.70. The average molecular weight is 256 g/mol. The fourth-order valence-corrected chi connectivity index (χ4v) is 3.64. The first kappa shape index (κ1) is 12.6. The van der Waals surface area contributed by atoms with Gasteiger partial charge in [0.25, 0.3) is 0 Å². The summed E-state index contributed by atoms with van der Waals surface area (Å²) in [5.74, 6) is 2.47. The number of allylic oxidation sites excluding steroid dienone is 2. The van der Waals surface area contributed by atoms with E-state index >= 15 is 0 Å². The zero-order valence-electron chi connectivity index (χ0n) is 12.1. The van der Waals surface area contributed by atoms with E-state index in [4.69, 9.17) is 0 Å². The van der Waals surface area contributed by atoms with Gasteiger partial charge < -0.3 is 10.2 Å². The molecular formula is C17H24N2. The van der Waals surface area contributed by atoms with Crippen LogP contribution in [0, 0.1) is 17.8 Å². The van der Waals surface area contributed by atoms with Gasteiger partial charge in [-0.3, -0.25) is 0 Å². The molecule has 2 nitrogen and oxygen atoms in total. The molecule has 0 radical (unpaired) electrons. The van der Waals surface area contributed by atoms with Crippen molar-refractivity contribution in [2.24, 2.45) is 17.8 Å². The van der Waals surface area contributed by atoms with Gasteiger partial charge in [-0.15, -0.1) is 0 Å². The fraction of sp³-hybridized carbons (Fsp3) is 0.529. The summed E-state index contributed by atoms with van der Waals surface area (Å²) in [6.07, 6.45) is 7.60. The van der Waals surface area contributed by atoms with Gasteiger partial charge >= 0.3 is 0 Å². The van der Waals surface area contributed by atoms with Crippen molar-refractivity contribution in [2.45, 2.75) is 25.8 Å². The van der Waals surface area contributed by atoms with E-state index in [-0.39, 0.29) is 0 Å². The summed E-state index contributed by atoms with van der Waals surface area (Å²) < 4.78 is 0. The van der Waals surface area contributed by atoms with Crippen molar-refractivity contribution in [2.75, 3.05) is 24.3 Å². The van der Waals surface area contributed by atoms with Crippen LogP contribution in [0.5, 0.6) is 0 Å². The molecule has 3 rings (SSSR count). The van der Waals surface area contributed by atoms with Gasteiger partial charge in [0.1, 0.15) is 0 Å². The maximum absolute atomic E-state index is 3.70. The molecule has 1 saturated carbocycles. The first-order chi connectivity index (χ1) is 9.13. The fourth-order valence-electron chi connectivity index (χ4n) is 3.64. The van der Waals surface area contributed by atoms with Crippen LogP contribution in [-0.4, -0.2) is 20.1 Å². The van der Waals surface area contributed by atoms with Crippen molar-refractivity contribution in [3.05, 3.63) is 36.4 Å². The minimum Gasteiger partial charge on any atom is -0.382 e. The number of anilines is 2. The summed E-state index contributed by atoms with van der Waals surface area (Å²) in [6, 6.07) is 9.24. The molecule has 0 saturated heterocycles. The normalized spacial score (nSPS) is 29.5. The van der Waals surface area contributed by atoms with E-state index in [2.05, 4.69) is 67.7 Å². The summed E-state index contributed by atoms with van der Waals surface area (Å²) in [5.41, 5.74) is 2.50. The molecule has 2 aliphatic rings. The predicted octanol–water partition coefficient (Wildman–Crippen LogP) is 3.77. The zero-order valence-corrected chi connectivity index (χ0v) is 12.1. The van der Waals surface area contributed by atoms with Crippen molar-refractivity contribution in [3.63, 3.8) is 0 Å². The smallest absolute Gasteiger partial charge is 0.0381 e. The third-order valence-corrected chi connectivity index (χ3v) is 4.73. The van der Waals surface area contributed by atoms with E-state index in [1.807, 2.05) is 0 Å². The van der Waals surface area contributed by atoms with Gasteiger partial charge in [-0.05, 0) is 55.7 Å². The number of hydrogen-bond acceptors (Lipinski definition) is 2. The van der Waals surface area contributed by atoms with Gasteiger partial charge in [0.2, 0.25) is 0 Å². The number of nitrogens with zero attached hydrogens (tertiary/aromatic N) is 1. The summed E-state index contributed by atoms with van der Waals surface area (Å²) >= 11 is 0. The van der Waals surface area contributed by atoms with Gasteiger partial charge in [0.15, 0.2) is 0 Å². The highest BCUT2D eigenvalue weighted by atomic mass is 15.1. The van der Waals surface area contributed by atoms with E-state index in [0.29, 0.717) is 6.04 Å². The molecule has 0 aromatic heterocycles. The SMILES string of the molecule is CC(Nc1cccc(N(C)C)c1)C1CC2C=CC1C2. The average Bonchev–Trinajstić information content (AvgIpc) is 3.01. The molecule has 1 aromatic rings. The van der Waals surface area contributed by atoms with E-state index in [9.17, 15) is 0 Å². The Morgan fingerprint density at radius 3 is 2.68 bits per heavy atom. The third kappa shape index (κ3) is 2.49. The van der Waals surface area contributed by atoms with Crippen LogP contribution in [-0.2, 0) is 0 Å². The number of benzene rings is 1. The molecular weight excluding hydrogens is 232 g/mol. The first-order valence-electron chi connectivity index (χ1n) is 7.36. The van der Waals surface area contributed by atoms with Crippen molar-refractivity contribution in [1.82, 2.24) is 0 Å². The van der Waals surface area contributed by atoms with Crippen LogP contribution in [0.25, 0.3) is 0 Å². The van der Waals surface area contributed by atoms with E-state index in [1.54, 1.807) is 0 Å². The zero-order chi connectivity index (χ0) is 13.4. The second-order valence-corrected chi connectivity index (χ2v) is 6.32. The summed E-state index contributed by atoms with van der Waals surface area (Å²) in [6.45, 7) is 2.33. The van der Waals surface area contributed by atoms with Gasteiger partial charge in [-0.25, -0.2) is 0 Å². The molecule has 102 valence electrons. The monoisotopic (exact) mass is 256 g/mol. The predicted molar refractivity (Wildman–Crippen MR) is 82.7 cm³/mol. The molecule has 1 fully saturated rings. The van der Waals surface area contributed by atoms with E-state index < -0.39 is 0 Å². The second-order valence-electron chi connectivity index (χ2n) is 6.32. The number of fused-ring (bicyclic) bond motifs is 2. The molecule has 4 atom stereocenters. The number of hydrogen-bond donors (Lipinski definition) is 1. The molecule has 0 heterocycles. The van der Waals surface area contributed by atoms with Crippen LogP contribution in [0.1, 0.15) is 19.8 Å². The molecule has 1 aromatic carbocycles. The van der Waals surface area contributed by atoms with Crippen LogP contribution in [0.4, 0.5) is 11.4 Å². The minimum absolute atomic E-state index is 0.553. The quantitative estimate of drug-likeness (QED) is 0.825. The molecule has 0 amide bonds.